The Morgan fingerprint density at radius 2 is 1.68 bits per heavy atom. The molecule has 2 rings (SSSR count). The third kappa shape index (κ3) is 7.38. The number of ether oxygens (including phenoxy) is 1. The summed E-state index contributed by atoms with van der Waals surface area (Å²) in [5, 5.41) is 18.8. The standard InChI is InChI=1S/C22H31F2N3O4S2.H2S/c1-11(2)15-9-14(31-20(23)24)10-16(12(3)4)18(15)26-21(28)27-33(25,30)17-8-13(5)19(32-17)22(6,7)29;/h8-12,20,29H,1-7H3,(H3,25,26,27,28,30);1H2. The number of nitrogens with zero attached hydrogens (tertiary/aromatic N) is 1. The summed E-state index contributed by atoms with van der Waals surface area (Å²) in [6.07, 6.45) is 0. The smallest absolute Gasteiger partial charge is 0.387 e. The number of aryl methyl sites for hydroxylation is 1. The molecule has 1 atom stereocenters. The van der Waals surface area contributed by atoms with Crippen molar-refractivity contribution >= 4 is 46.5 Å². The Morgan fingerprint density at radius 3 is 2.06 bits per heavy atom. The van der Waals surface area contributed by atoms with E-state index in [4.69, 9.17) is 5.14 Å². The summed E-state index contributed by atoms with van der Waals surface area (Å²) in [4.78, 5) is 13.3. The first-order chi connectivity index (χ1) is 15.0. The summed E-state index contributed by atoms with van der Waals surface area (Å²) in [5.74, 6) is -0.297. The highest BCUT2D eigenvalue weighted by atomic mass is 32.2. The lowest BCUT2D eigenvalue weighted by Gasteiger charge is -2.21. The maximum atomic E-state index is 13.1. The quantitative estimate of drug-likeness (QED) is 0.391. The van der Waals surface area contributed by atoms with Crippen molar-refractivity contribution in [3.63, 3.8) is 0 Å². The van der Waals surface area contributed by atoms with Crippen molar-refractivity contribution < 1.29 is 27.6 Å². The van der Waals surface area contributed by atoms with Crippen LogP contribution in [0, 0.1) is 6.92 Å². The van der Waals surface area contributed by atoms with Crippen LogP contribution in [0.15, 0.2) is 26.8 Å². The van der Waals surface area contributed by atoms with E-state index >= 15 is 0 Å². The Morgan fingerprint density at radius 1 is 1.18 bits per heavy atom. The fourth-order valence-electron chi connectivity index (χ4n) is 3.39. The molecule has 1 aromatic heterocycles. The zero-order valence-corrected chi connectivity index (χ0v) is 22.9. The molecule has 4 N–H and O–H groups in total. The molecule has 34 heavy (non-hydrogen) atoms. The number of halogens is 2. The van der Waals surface area contributed by atoms with Crippen molar-refractivity contribution in [1.29, 1.82) is 0 Å². The first-order valence-electron chi connectivity index (χ1n) is 10.3. The van der Waals surface area contributed by atoms with E-state index < -0.39 is 28.2 Å². The molecule has 0 aliphatic heterocycles. The molecule has 1 heterocycles. The number of nitrogens with one attached hydrogen (secondary N) is 1. The summed E-state index contributed by atoms with van der Waals surface area (Å²) in [5.41, 5.74) is 1.06. The Hall–Kier alpha value is -1.73. The van der Waals surface area contributed by atoms with Gasteiger partial charge in [-0.1, -0.05) is 27.7 Å². The van der Waals surface area contributed by atoms with Crippen LogP contribution in [-0.4, -0.2) is 22.0 Å². The van der Waals surface area contributed by atoms with Crippen molar-refractivity contribution in [3.05, 3.63) is 39.8 Å². The van der Waals surface area contributed by atoms with E-state index in [0.29, 0.717) is 27.3 Å². The van der Waals surface area contributed by atoms with Gasteiger partial charge in [-0.3, -0.25) is 0 Å². The van der Waals surface area contributed by atoms with E-state index in [1.54, 1.807) is 26.8 Å². The number of benzene rings is 1. The molecule has 12 heteroatoms. The van der Waals surface area contributed by atoms with Gasteiger partial charge in [0.2, 0.25) is 0 Å². The third-order valence-electron chi connectivity index (χ3n) is 4.83. The van der Waals surface area contributed by atoms with Gasteiger partial charge in [0, 0.05) is 10.6 Å². The molecule has 2 aromatic rings. The van der Waals surface area contributed by atoms with Gasteiger partial charge in [0.1, 0.15) is 9.96 Å². The molecule has 1 aromatic carbocycles. The van der Waals surface area contributed by atoms with Crippen LogP contribution < -0.4 is 15.2 Å². The van der Waals surface area contributed by atoms with Crippen LogP contribution in [0.2, 0.25) is 0 Å². The van der Waals surface area contributed by atoms with Gasteiger partial charge in [0.15, 0.2) is 9.92 Å². The molecule has 0 radical (unpaired) electrons. The molecule has 192 valence electrons. The monoisotopic (exact) mass is 537 g/mol. The maximum absolute atomic E-state index is 13.1. The fraction of sp³-hybridized carbons (Fsp3) is 0.500. The van der Waals surface area contributed by atoms with Crippen LogP contribution in [0.5, 0.6) is 5.75 Å². The largest absolute Gasteiger partial charge is 0.435 e. The van der Waals surface area contributed by atoms with Crippen molar-refractivity contribution in [2.24, 2.45) is 9.50 Å². The SMILES string of the molecule is Cc1cc(S(N)(=O)=NC(=O)Nc2c(C(C)C)cc(OC(F)F)cc2C(C)C)sc1C(C)(C)O.S. The lowest BCUT2D eigenvalue weighted by Crippen LogP contribution is -2.18. The summed E-state index contributed by atoms with van der Waals surface area (Å²) in [6.45, 7) is 9.34. The minimum absolute atomic E-state index is 0. The van der Waals surface area contributed by atoms with Crippen molar-refractivity contribution in [1.82, 2.24) is 0 Å². The number of hydrogen-bond acceptors (Lipinski definition) is 5. The van der Waals surface area contributed by atoms with Gasteiger partial charge >= 0.3 is 12.6 Å². The Balaban J connectivity index is 0.00000578. The number of carbonyl (C=O) groups is 1. The molecule has 0 saturated heterocycles. The van der Waals surface area contributed by atoms with Crippen molar-refractivity contribution in [2.75, 3.05) is 5.32 Å². The molecule has 0 aliphatic rings. The van der Waals surface area contributed by atoms with Crippen LogP contribution in [0.25, 0.3) is 0 Å². The topological polar surface area (TPSA) is 114 Å². The van der Waals surface area contributed by atoms with Crippen LogP contribution in [0.1, 0.15) is 74.9 Å². The molecular weight excluding hydrogens is 504 g/mol. The van der Waals surface area contributed by atoms with Crippen LogP contribution in [0.3, 0.4) is 0 Å². The molecule has 0 saturated carbocycles. The van der Waals surface area contributed by atoms with E-state index in [1.165, 1.54) is 12.1 Å². The number of urea groups is 1. The second kappa shape index (κ2) is 11.3. The molecule has 1 unspecified atom stereocenters. The molecule has 0 bridgehead atoms. The van der Waals surface area contributed by atoms with Gasteiger partial charge in [-0.05, 0) is 67.5 Å². The predicted octanol–water partition coefficient (Wildman–Crippen LogP) is 6.18. The second-order valence-corrected chi connectivity index (χ2v) is 12.0. The average Bonchev–Trinajstić information content (AvgIpc) is 3.04. The number of aliphatic hydroxyl groups is 1. The lowest BCUT2D eigenvalue weighted by molar-refractivity contribution is -0.0499. The predicted molar refractivity (Wildman–Crippen MR) is 138 cm³/mol. The van der Waals surface area contributed by atoms with Crippen molar-refractivity contribution in [2.45, 2.75) is 76.7 Å². The Bertz CT molecular complexity index is 1120. The number of carbonyl (C=O) groups excluding carboxylic acids is 1. The van der Waals surface area contributed by atoms with E-state index in [-0.39, 0.29) is 35.3 Å². The van der Waals surface area contributed by atoms with Crippen molar-refractivity contribution in [3.8, 4) is 5.75 Å². The first-order valence-corrected chi connectivity index (χ1v) is 12.7. The lowest BCUT2D eigenvalue weighted by atomic mass is 9.92. The van der Waals surface area contributed by atoms with Crippen LogP contribution >= 0.6 is 24.8 Å². The number of anilines is 1. The Kier molecular flexibility index (Phi) is 10.1. The summed E-state index contributed by atoms with van der Waals surface area (Å²) < 4.78 is 47.1. The molecule has 0 aliphatic carbocycles. The van der Waals surface area contributed by atoms with E-state index in [2.05, 4.69) is 14.4 Å². The highest BCUT2D eigenvalue weighted by Crippen LogP contribution is 2.38. The molecule has 7 nitrogen and oxygen atoms in total. The third-order valence-corrected chi connectivity index (χ3v) is 8.27. The number of amides is 2. The van der Waals surface area contributed by atoms with Gasteiger partial charge in [-0.15, -0.1) is 15.7 Å². The summed E-state index contributed by atoms with van der Waals surface area (Å²) >= 11 is 1.03. The summed E-state index contributed by atoms with van der Waals surface area (Å²) in [6, 6.07) is 3.50. The number of rotatable bonds is 7. The Labute approximate surface area is 210 Å². The highest BCUT2D eigenvalue weighted by molar-refractivity contribution is 7.93. The fourth-order valence-corrected chi connectivity index (χ4v) is 5.86. The number of thiophene rings is 1. The molecular formula is C22H33F2N3O4S3. The number of alkyl halides is 2. The van der Waals surface area contributed by atoms with E-state index in [0.717, 1.165) is 11.3 Å². The van der Waals surface area contributed by atoms with Gasteiger partial charge in [0.25, 0.3) is 0 Å². The zero-order chi connectivity index (χ0) is 25.3. The normalized spacial score (nSPS) is 13.6. The zero-order valence-electron chi connectivity index (χ0n) is 20.2. The molecule has 0 spiro atoms. The molecule has 0 fully saturated rings. The van der Waals surface area contributed by atoms with E-state index in [1.807, 2.05) is 27.7 Å². The molecule has 2 amide bonds. The van der Waals surface area contributed by atoms with Crippen LogP contribution in [0.4, 0.5) is 19.3 Å². The van der Waals surface area contributed by atoms with E-state index in [9.17, 15) is 22.9 Å². The minimum Gasteiger partial charge on any atom is -0.435 e. The average molecular weight is 538 g/mol. The van der Waals surface area contributed by atoms with Gasteiger partial charge in [-0.2, -0.15) is 22.3 Å². The number of nitrogens with two attached hydrogens (primary N) is 1. The maximum Gasteiger partial charge on any atom is 0.387 e. The minimum atomic E-state index is -3.59. The highest BCUT2D eigenvalue weighted by Gasteiger charge is 2.25. The van der Waals surface area contributed by atoms with Crippen LogP contribution in [-0.2, 0) is 15.5 Å². The van der Waals surface area contributed by atoms with Gasteiger partial charge in [-0.25, -0.2) is 14.1 Å². The van der Waals surface area contributed by atoms with Gasteiger partial charge in [0.05, 0.1) is 5.60 Å². The first kappa shape index (κ1) is 30.3. The number of hydrogen-bond donors (Lipinski definition) is 3. The second-order valence-electron chi connectivity index (χ2n) is 8.89. The summed E-state index contributed by atoms with van der Waals surface area (Å²) in [7, 11) is -3.59. The van der Waals surface area contributed by atoms with Gasteiger partial charge < -0.3 is 15.2 Å².